The van der Waals surface area contributed by atoms with Gasteiger partial charge in [-0.25, -0.2) is 0 Å². The molecule has 0 aliphatic heterocycles. The first-order valence-corrected chi connectivity index (χ1v) is 6.30. The molecule has 0 saturated carbocycles. The maximum atomic E-state index is 3.49. The fraction of sp³-hybridized carbons (Fsp3) is 0.143. The van der Waals surface area contributed by atoms with Crippen molar-refractivity contribution < 1.29 is 0 Å². The van der Waals surface area contributed by atoms with Crippen LogP contribution in [0.3, 0.4) is 0 Å². The number of aromatic amines is 1. The van der Waals surface area contributed by atoms with Crippen LogP contribution in [0.4, 0.5) is 0 Å². The van der Waals surface area contributed by atoms with Crippen LogP contribution >= 0.6 is 15.9 Å². The minimum Gasteiger partial charge on any atom is -0.355 e. The lowest BCUT2D eigenvalue weighted by molar-refractivity contribution is 1.50. The van der Waals surface area contributed by atoms with Crippen molar-refractivity contribution in [2.45, 2.75) is 13.8 Å². The predicted octanol–water partition coefficient (Wildman–Crippen LogP) is 5.11. The Morgan fingerprint density at radius 1 is 0.875 bits per heavy atom. The summed E-state index contributed by atoms with van der Waals surface area (Å²) in [5.41, 5.74) is 2.38. The zero-order valence-corrected chi connectivity index (χ0v) is 11.0. The Bertz CT molecular complexity index is 610. The zero-order chi connectivity index (χ0) is 11.5. The molecule has 1 heterocycles. The van der Waals surface area contributed by atoms with Gasteiger partial charge in [0.15, 0.2) is 0 Å². The van der Waals surface area contributed by atoms with Gasteiger partial charge in [0.05, 0.1) is 0 Å². The fourth-order valence-electron chi connectivity index (χ4n) is 1.82. The number of H-pyrrole nitrogens is 1. The van der Waals surface area contributed by atoms with Crippen LogP contribution in [0, 0.1) is 0 Å². The normalized spacial score (nSPS) is 10.2. The Morgan fingerprint density at radius 3 is 2.38 bits per heavy atom. The summed E-state index contributed by atoms with van der Waals surface area (Å²) in [4.78, 5) is 3.38. The van der Waals surface area contributed by atoms with Gasteiger partial charge in [0.2, 0.25) is 0 Å². The molecular weight excluding hydrogens is 262 g/mol. The van der Waals surface area contributed by atoms with E-state index in [9.17, 15) is 0 Å². The molecule has 2 aromatic carbocycles. The quantitative estimate of drug-likeness (QED) is 0.587. The monoisotopic (exact) mass is 275 g/mol. The Balaban J connectivity index is 0.000000457. The number of hydrogen-bond acceptors (Lipinski definition) is 0. The second kappa shape index (κ2) is 4.71. The lowest BCUT2D eigenvalue weighted by atomic mass is 10.2. The van der Waals surface area contributed by atoms with E-state index in [0.29, 0.717) is 0 Å². The number of nitrogens with one attached hydrogen (secondary N) is 1. The molecule has 82 valence electrons. The standard InChI is InChI=1S/C12H8BrN.C2H6/c13-8-5-6-12-10(7-8)9-3-1-2-4-11(9)14-12;1-2/h1-7,14H;1-2H3. The molecular formula is C14H14BrN. The van der Waals surface area contributed by atoms with Gasteiger partial charge >= 0.3 is 0 Å². The molecule has 0 radical (unpaired) electrons. The second-order valence-electron chi connectivity index (χ2n) is 3.36. The lowest BCUT2D eigenvalue weighted by Crippen LogP contribution is -1.66. The van der Waals surface area contributed by atoms with Crippen molar-refractivity contribution in [3.05, 3.63) is 46.9 Å². The molecule has 16 heavy (non-hydrogen) atoms. The van der Waals surface area contributed by atoms with E-state index in [0.717, 1.165) is 4.47 Å². The summed E-state index contributed by atoms with van der Waals surface area (Å²) in [6, 6.07) is 14.7. The first kappa shape index (κ1) is 11.2. The Hall–Kier alpha value is -1.28. The summed E-state index contributed by atoms with van der Waals surface area (Å²) in [7, 11) is 0. The molecule has 0 spiro atoms. The Kier molecular flexibility index (Phi) is 3.30. The van der Waals surface area contributed by atoms with Gasteiger partial charge in [-0.2, -0.15) is 0 Å². The van der Waals surface area contributed by atoms with Crippen LogP contribution in [0.15, 0.2) is 46.9 Å². The van der Waals surface area contributed by atoms with Gasteiger partial charge in [-0.05, 0) is 24.3 Å². The summed E-state index contributed by atoms with van der Waals surface area (Å²) in [6.45, 7) is 4.00. The van der Waals surface area contributed by atoms with Crippen LogP contribution in [0.1, 0.15) is 13.8 Å². The number of para-hydroxylation sites is 1. The van der Waals surface area contributed by atoms with Gasteiger partial charge in [0, 0.05) is 26.3 Å². The van der Waals surface area contributed by atoms with Crippen molar-refractivity contribution in [2.24, 2.45) is 0 Å². The molecule has 0 aliphatic carbocycles. The average molecular weight is 276 g/mol. The number of aromatic nitrogens is 1. The number of hydrogen-bond donors (Lipinski definition) is 1. The third-order valence-electron chi connectivity index (χ3n) is 2.47. The molecule has 1 nitrogen and oxygen atoms in total. The molecule has 0 fully saturated rings. The first-order chi connectivity index (χ1) is 7.84. The van der Waals surface area contributed by atoms with Gasteiger partial charge < -0.3 is 4.98 Å². The summed E-state index contributed by atoms with van der Waals surface area (Å²) >= 11 is 3.49. The maximum absolute atomic E-state index is 3.49. The van der Waals surface area contributed by atoms with E-state index in [1.54, 1.807) is 0 Å². The van der Waals surface area contributed by atoms with E-state index < -0.39 is 0 Å². The summed E-state index contributed by atoms with van der Waals surface area (Å²) in [6.07, 6.45) is 0. The zero-order valence-electron chi connectivity index (χ0n) is 9.42. The summed E-state index contributed by atoms with van der Waals surface area (Å²) < 4.78 is 1.12. The van der Waals surface area contributed by atoms with E-state index in [4.69, 9.17) is 0 Å². The van der Waals surface area contributed by atoms with Gasteiger partial charge in [-0.15, -0.1) is 0 Å². The molecule has 0 atom stereocenters. The topological polar surface area (TPSA) is 15.8 Å². The number of halogens is 1. The SMILES string of the molecule is Brc1ccc2[nH]c3ccccc3c2c1.CC. The first-order valence-electron chi connectivity index (χ1n) is 5.50. The molecule has 0 amide bonds. The number of rotatable bonds is 0. The summed E-state index contributed by atoms with van der Waals surface area (Å²) in [5.74, 6) is 0. The highest BCUT2D eigenvalue weighted by atomic mass is 79.9. The highest BCUT2D eigenvalue weighted by Crippen LogP contribution is 2.27. The van der Waals surface area contributed by atoms with Crippen molar-refractivity contribution in [3.63, 3.8) is 0 Å². The van der Waals surface area contributed by atoms with Crippen LogP contribution in [0.2, 0.25) is 0 Å². The molecule has 1 N–H and O–H groups in total. The third-order valence-corrected chi connectivity index (χ3v) is 2.96. The lowest BCUT2D eigenvalue weighted by Gasteiger charge is -1.91. The van der Waals surface area contributed by atoms with Crippen LogP contribution in [0.25, 0.3) is 21.8 Å². The molecule has 3 aromatic rings. The third kappa shape index (κ3) is 1.85. The predicted molar refractivity (Wildman–Crippen MR) is 74.9 cm³/mol. The highest BCUT2D eigenvalue weighted by Gasteiger charge is 2.02. The maximum Gasteiger partial charge on any atom is 0.0465 e. The highest BCUT2D eigenvalue weighted by molar-refractivity contribution is 9.10. The van der Waals surface area contributed by atoms with Crippen molar-refractivity contribution in [3.8, 4) is 0 Å². The molecule has 1 aromatic heterocycles. The van der Waals surface area contributed by atoms with E-state index in [2.05, 4.69) is 57.3 Å². The fourth-order valence-corrected chi connectivity index (χ4v) is 2.18. The van der Waals surface area contributed by atoms with E-state index in [1.807, 2.05) is 19.9 Å². The van der Waals surface area contributed by atoms with Gasteiger partial charge in [-0.1, -0.05) is 48.0 Å². The molecule has 0 bridgehead atoms. The number of fused-ring (bicyclic) bond motifs is 3. The minimum atomic E-state index is 1.12. The molecule has 2 heteroatoms. The van der Waals surface area contributed by atoms with Crippen molar-refractivity contribution >= 4 is 37.7 Å². The average Bonchev–Trinajstić information content (AvgIpc) is 2.70. The van der Waals surface area contributed by atoms with Gasteiger partial charge in [-0.3, -0.25) is 0 Å². The number of benzene rings is 2. The van der Waals surface area contributed by atoms with Gasteiger partial charge in [0.25, 0.3) is 0 Å². The summed E-state index contributed by atoms with van der Waals surface area (Å²) in [5, 5.41) is 2.55. The molecule has 0 saturated heterocycles. The Labute approximate surface area is 104 Å². The molecule has 3 rings (SSSR count). The van der Waals surface area contributed by atoms with Crippen molar-refractivity contribution in [2.75, 3.05) is 0 Å². The van der Waals surface area contributed by atoms with Gasteiger partial charge in [0.1, 0.15) is 0 Å². The molecule has 0 aliphatic rings. The second-order valence-corrected chi connectivity index (χ2v) is 4.28. The van der Waals surface area contributed by atoms with Crippen LogP contribution in [-0.2, 0) is 0 Å². The van der Waals surface area contributed by atoms with Crippen LogP contribution < -0.4 is 0 Å². The minimum absolute atomic E-state index is 1.12. The molecule has 0 unspecified atom stereocenters. The Morgan fingerprint density at radius 2 is 1.56 bits per heavy atom. The van der Waals surface area contributed by atoms with Crippen LogP contribution in [-0.4, -0.2) is 4.98 Å². The van der Waals surface area contributed by atoms with E-state index in [-0.39, 0.29) is 0 Å². The van der Waals surface area contributed by atoms with Crippen LogP contribution in [0.5, 0.6) is 0 Å². The van der Waals surface area contributed by atoms with Crippen molar-refractivity contribution in [1.82, 2.24) is 4.98 Å². The smallest absolute Gasteiger partial charge is 0.0465 e. The van der Waals surface area contributed by atoms with E-state index >= 15 is 0 Å². The van der Waals surface area contributed by atoms with E-state index in [1.165, 1.54) is 21.8 Å². The van der Waals surface area contributed by atoms with Crippen molar-refractivity contribution in [1.29, 1.82) is 0 Å². The largest absolute Gasteiger partial charge is 0.355 e.